The number of carbonyl (C=O) groups excluding carboxylic acids is 2. The Bertz CT molecular complexity index is 1260. The first-order valence-electron chi connectivity index (χ1n) is 9.97. The maximum Gasteiger partial charge on any atom is 0.300 e. The molecule has 2 aliphatic heterocycles. The lowest BCUT2D eigenvalue weighted by Gasteiger charge is -2.25. The lowest BCUT2D eigenvalue weighted by atomic mass is 9.95. The molecular formula is C25H18ClNO5. The highest BCUT2D eigenvalue weighted by molar-refractivity contribution is 6.51. The second-order valence-corrected chi connectivity index (χ2v) is 8.06. The van der Waals surface area contributed by atoms with Crippen LogP contribution in [0.5, 0.6) is 11.5 Å². The van der Waals surface area contributed by atoms with Crippen molar-refractivity contribution in [3.05, 3.63) is 94.0 Å². The van der Waals surface area contributed by atoms with Crippen LogP contribution in [0.25, 0.3) is 5.76 Å². The van der Waals surface area contributed by atoms with E-state index in [4.69, 9.17) is 21.1 Å². The Hall–Kier alpha value is -3.77. The first kappa shape index (κ1) is 20.2. The van der Waals surface area contributed by atoms with Gasteiger partial charge in [0.25, 0.3) is 11.7 Å². The first-order chi connectivity index (χ1) is 15.4. The van der Waals surface area contributed by atoms with Crippen LogP contribution in [0.4, 0.5) is 5.69 Å². The average Bonchev–Trinajstić information content (AvgIpc) is 3.36. The summed E-state index contributed by atoms with van der Waals surface area (Å²) in [7, 11) is 0. The summed E-state index contributed by atoms with van der Waals surface area (Å²) in [5, 5.41) is 11.6. The van der Waals surface area contributed by atoms with E-state index in [2.05, 4.69) is 0 Å². The molecule has 0 spiro atoms. The normalized spacial score (nSPS) is 18.9. The van der Waals surface area contributed by atoms with Gasteiger partial charge in [0.2, 0.25) is 6.79 Å². The van der Waals surface area contributed by atoms with E-state index >= 15 is 0 Å². The number of aliphatic hydroxyl groups is 1. The number of halogens is 1. The maximum absolute atomic E-state index is 13.2. The summed E-state index contributed by atoms with van der Waals surface area (Å²) in [4.78, 5) is 27.7. The monoisotopic (exact) mass is 447 g/mol. The summed E-state index contributed by atoms with van der Waals surface area (Å²) in [5.74, 6) is -0.685. The summed E-state index contributed by atoms with van der Waals surface area (Å²) >= 11 is 6.06. The van der Waals surface area contributed by atoms with E-state index in [1.807, 2.05) is 19.1 Å². The molecule has 160 valence electrons. The van der Waals surface area contributed by atoms with Gasteiger partial charge in [-0.2, -0.15) is 0 Å². The van der Waals surface area contributed by atoms with Crippen LogP contribution in [0.3, 0.4) is 0 Å². The van der Waals surface area contributed by atoms with E-state index in [-0.39, 0.29) is 18.1 Å². The second-order valence-electron chi connectivity index (χ2n) is 7.62. The van der Waals surface area contributed by atoms with Gasteiger partial charge in [-0.15, -0.1) is 0 Å². The van der Waals surface area contributed by atoms with Gasteiger partial charge in [0.15, 0.2) is 11.5 Å². The molecule has 1 N–H and O–H groups in total. The Kier molecular flexibility index (Phi) is 4.87. The number of rotatable bonds is 3. The molecule has 32 heavy (non-hydrogen) atoms. The molecule has 1 saturated heterocycles. The van der Waals surface area contributed by atoms with Crippen molar-refractivity contribution in [1.82, 2.24) is 0 Å². The van der Waals surface area contributed by atoms with Gasteiger partial charge in [0.05, 0.1) is 11.6 Å². The van der Waals surface area contributed by atoms with E-state index in [0.717, 1.165) is 5.56 Å². The zero-order valence-electron chi connectivity index (χ0n) is 17.0. The largest absolute Gasteiger partial charge is 0.507 e. The number of hydrogen-bond acceptors (Lipinski definition) is 5. The van der Waals surface area contributed by atoms with Crippen LogP contribution in [0.2, 0.25) is 5.02 Å². The summed E-state index contributed by atoms with van der Waals surface area (Å²) in [6, 6.07) is 18.1. The highest BCUT2D eigenvalue weighted by Crippen LogP contribution is 2.45. The SMILES string of the molecule is Cc1ccc(/C(O)=C2\C(=O)C(=O)N(c3ccc4c(c3)OCO4)C2c2ccc(Cl)cc2)cc1. The number of aryl methyl sites for hydroxylation is 1. The van der Waals surface area contributed by atoms with Crippen LogP contribution in [0.15, 0.2) is 72.3 Å². The minimum atomic E-state index is -0.839. The molecule has 1 amide bonds. The lowest BCUT2D eigenvalue weighted by Crippen LogP contribution is -2.29. The standard InChI is InChI=1S/C25H18ClNO5/c1-14-2-4-16(5-3-14)23(28)21-22(15-6-8-17(26)9-7-15)27(25(30)24(21)29)18-10-11-19-20(12-18)32-13-31-19/h2-12,22,28H,13H2,1H3/b23-21+. The van der Waals surface area contributed by atoms with E-state index < -0.39 is 17.7 Å². The molecule has 3 aromatic rings. The van der Waals surface area contributed by atoms with Gasteiger partial charge in [-0.05, 0) is 36.8 Å². The fourth-order valence-electron chi connectivity index (χ4n) is 3.96. The molecule has 1 fully saturated rings. The summed E-state index contributed by atoms with van der Waals surface area (Å²) in [6.45, 7) is 2.02. The maximum atomic E-state index is 13.2. The Balaban J connectivity index is 1.70. The van der Waals surface area contributed by atoms with E-state index in [1.165, 1.54) is 4.90 Å². The van der Waals surface area contributed by atoms with Gasteiger partial charge in [0, 0.05) is 22.3 Å². The molecule has 1 atom stereocenters. The summed E-state index contributed by atoms with van der Waals surface area (Å²) in [6.07, 6.45) is 0. The third-order valence-corrected chi connectivity index (χ3v) is 5.84. The number of nitrogens with zero attached hydrogens (tertiary/aromatic N) is 1. The van der Waals surface area contributed by atoms with Crippen LogP contribution < -0.4 is 14.4 Å². The minimum Gasteiger partial charge on any atom is -0.507 e. The van der Waals surface area contributed by atoms with Crippen LogP contribution in [-0.4, -0.2) is 23.6 Å². The average molecular weight is 448 g/mol. The molecule has 0 aromatic heterocycles. The molecular weight excluding hydrogens is 430 g/mol. The number of anilines is 1. The summed E-state index contributed by atoms with van der Waals surface area (Å²) < 4.78 is 10.8. The van der Waals surface area contributed by atoms with Gasteiger partial charge < -0.3 is 14.6 Å². The predicted molar refractivity (Wildman–Crippen MR) is 120 cm³/mol. The second kappa shape index (κ2) is 7.73. The van der Waals surface area contributed by atoms with Gasteiger partial charge in [-0.25, -0.2) is 0 Å². The van der Waals surface area contributed by atoms with Gasteiger partial charge in [-0.3, -0.25) is 14.5 Å². The molecule has 2 heterocycles. The fraction of sp³-hybridized carbons (Fsp3) is 0.120. The van der Waals surface area contributed by atoms with Crippen molar-refractivity contribution < 1.29 is 24.2 Å². The molecule has 1 unspecified atom stereocenters. The van der Waals surface area contributed by atoms with Crippen molar-refractivity contribution in [2.75, 3.05) is 11.7 Å². The first-order valence-corrected chi connectivity index (χ1v) is 10.3. The van der Waals surface area contributed by atoms with Crippen LogP contribution in [0, 0.1) is 6.92 Å². The van der Waals surface area contributed by atoms with E-state index in [1.54, 1.807) is 54.6 Å². The third kappa shape index (κ3) is 3.29. The zero-order valence-corrected chi connectivity index (χ0v) is 17.8. The Labute approximate surface area is 189 Å². The molecule has 0 radical (unpaired) electrons. The van der Waals surface area contributed by atoms with E-state index in [9.17, 15) is 14.7 Å². The van der Waals surface area contributed by atoms with Crippen LogP contribution in [-0.2, 0) is 9.59 Å². The molecule has 7 heteroatoms. The molecule has 0 aliphatic carbocycles. The Morgan fingerprint density at radius 3 is 2.38 bits per heavy atom. The van der Waals surface area contributed by atoms with Gasteiger partial charge in [-0.1, -0.05) is 53.6 Å². The van der Waals surface area contributed by atoms with E-state index in [0.29, 0.717) is 33.3 Å². The number of Topliss-reactive ketones (excluding diaryl/α,β-unsaturated/α-hetero) is 1. The number of aliphatic hydroxyl groups excluding tert-OH is 1. The number of ketones is 1. The van der Waals surface area contributed by atoms with Crippen molar-refractivity contribution in [2.45, 2.75) is 13.0 Å². The van der Waals surface area contributed by atoms with Crippen molar-refractivity contribution in [3.63, 3.8) is 0 Å². The fourth-order valence-corrected chi connectivity index (χ4v) is 4.09. The lowest BCUT2D eigenvalue weighted by molar-refractivity contribution is -0.132. The van der Waals surface area contributed by atoms with Gasteiger partial charge in [0.1, 0.15) is 5.76 Å². The number of benzene rings is 3. The zero-order chi connectivity index (χ0) is 22.4. The molecule has 0 saturated carbocycles. The molecule has 0 bridgehead atoms. The molecule has 2 aliphatic rings. The van der Waals surface area contributed by atoms with Crippen molar-refractivity contribution in [2.24, 2.45) is 0 Å². The summed E-state index contributed by atoms with van der Waals surface area (Å²) in [5.41, 5.74) is 2.58. The highest BCUT2D eigenvalue weighted by atomic mass is 35.5. The van der Waals surface area contributed by atoms with Crippen LogP contribution in [0.1, 0.15) is 22.7 Å². The van der Waals surface area contributed by atoms with Gasteiger partial charge >= 0.3 is 0 Å². The third-order valence-electron chi connectivity index (χ3n) is 5.59. The molecule has 5 rings (SSSR count). The minimum absolute atomic E-state index is 0.0128. The predicted octanol–water partition coefficient (Wildman–Crippen LogP) is 5.00. The molecule has 6 nitrogen and oxygen atoms in total. The Morgan fingerprint density at radius 1 is 0.969 bits per heavy atom. The number of amides is 1. The topological polar surface area (TPSA) is 76.1 Å². The van der Waals surface area contributed by atoms with Crippen LogP contribution >= 0.6 is 11.6 Å². The van der Waals surface area contributed by atoms with Crippen molar-refractivity contribution in [3.8, 4) is 11.5 Å². The number of ether oxygens (including phenoxy) is 2. The quantitative estimate of drug-likeness (QED) is 0.347. The van der Waals surface area contributed by atoms with Crippen molar-refractivity contribution in [1.29, 1.82) is 0 Å². The highest BCUT2D eigenvalue weighted by Gasteiger charge is 2.47. The number of fused-ring (bicyclic) bond motifs is 1. The number of hydrogen-bond donors (Lipinski definition) is 1. The number of carbonyl (C=O) groups is 2. The molecule has 3 aromatic carbocycles. The Morgan fingerprint density at radius 2 is 1.66 bits per heavy atom. The van der Waals surface area contributed by atoms with Crippen molar-refractivity contribution >= 4 is 34.7 Å². The smallest absolute Gasteiger partial charge is 0.300 e.